The minimum atomic E-state index is -0.00554. The van der Waals surface area contributed by atoms with Crippen molar-refractivity contribution in [1.29, 1.82) is 0 Å². The second-order valence-corrected chi connectivity index (χ2v) is 14.9. The maximum Gasteiger partial charge on any atom is 0.306 e. The van der Waals surface area contributed by atoms with Gasteiger partial charge in [-0.15, -0.1) is 0 Å². The first-order valence-corrected chi connectivity index (χ1v) is 21.5. The normalized spacial score (nSPS) is 12.0. The predicted molar refractivity (Wildman–Crippen MR) is 210 cm³/mol. The summed E-state index contributed by atoms with van der Waals surface area (Å²) in [5.41, 5.74) is 0. The van der Waals surface area contributed by atoms with Gasteiger partial charge in [0, 0.05) is 12.8 Å². The first kappa shape index (κ1) is 49.0. The zero-order chi connectivity index (χ0) is 36.0. The van der Waals surface area contributed by atoms with Crippen LogP contribution in [0.5, 0.6) is 0 Å². The molecule has 0 rings (SSSR count). The van der Waals surface area contributed by atoms with E-state index in [1.807, 2.05) is 13.8 Å². The van der Waals surface area contributed by atoms with E-state index >= 15 is 0 Å². The number of ether oxygens (including phenoxy) is 2. The second-order valence-electron chi connectivity index (χ2n) is 14.9. The van der Waals surface area contributed by atoms with E-state index < -0.39 is 0 Å². The summed E-state index contributed by atoms with van der Waals surface area (Å²) in [5.74, 6) is 0.0274. The van der Waals surface area contributed by atoms with Crippen molar-refractivity contribution in [3.8, 4) is 0 Å². The van der Waals surface area contributed by atoms with Crippen LogP contribution in [0.3, 0.4) is 0 Å². The van der Waals surface area contributed by atoms with Gasteiger partial charge >= 0.3 is 11.9 Å². The monoisotopic (exact) mass is 683 g/mol. The fourth-order valence-corrected chi connectivity index (χ4v) is 6.39. The number of carbonyl (C=O) groups excluding carboxylic acids is 2. The third kappa shape index (κ3) is 37.7. The van der Waals surface area contributed by atoms with Crippen molar-refractivity contribution in [3.63, 3.8) is 0 Å². The number of quaternary nitrogens is 1. The van der Waals surface area contributed by atoms with Crippen LogP contribution < -0.4 is 0 Å². The Kier molecular flexibility index (Phi) is 39.5. The summed E-state index contributed by atoms with van der Waals surface area (Å²) in [6.07, 6.45) is 35.1. The fraction of sp³-hybridized carbons (Fsp3) is 0.953. The van der Waals surface area contributed by atoms with Gasteiger partial charge < -0.3 is 14.0 Å². The molecule has 0 N–H and O–H groups in total. The van der Waals surface area contributed by atoms with Gasteiger partial charge in [-0.2, -0.15) is 0 Å². The van der Waals surface area contributed by atoms with Crippen LogP contribution in [0, 0.1) is 0 Å². The first-order valence-electron chi connectivity index (χ1n) is 21.5. The van der Waals surface area contributed by atoms with Crippen molar-refractivity contribution < 1.29 is 23.5 Å². The largest absolute Gasteiger partial charge is 0.466 e. The molecule has 0 saturated heterocycles. The molecule has 0 spiro atoms. The van der Waals surface area contributed by atoms with Gasteiger partial charge in [0.25, 0.3) is 0 Å². The molecule has 0 radical (unpaired) electrons. The topological polar surface area (TPSA) is 52.6 Å². The molecular formula is C43H88NO4+. The third-order valence-corrected chi connectivity index (χ3v) is 9.61. The molecule has 1 atom stereocenters. The number of unbranched alkanes of at least 4 members (excludes halogenated alkanes) is 21. The van der Waals surface area contributed by atoms with E-state index in [-0.39, 0.29) is 18.0 Å². The maximum atomic E-state index is 12.6. The molecule has 0 aliphatic carbocycles. The highest BCUT2D eigenvalue weighted by Crippen LogP contribution is 2.18. The Morgan fingerprint density at radius 1 is 0.458 bits per heavy atom. The van der Waals surface area contributed by atoms with Crippen molar-refractivity contribution >= 4 is 11.9 Å². The van der Waals surface area contributed by atoms with Crippen molar-refractivity contribution in [3.05, 3.63) is 0 Å². The molecule has 5 heteroatoms. The summed E-state index contributed by atoms with van der Waals surface area (Å²) in [7, 11) is 4.72. The standard InChI is InChI=1S/C41H82NO4.C2H6/c1-6-9-12-15-16-24-31-38-45-40(43)34-27-20-17-22-29-36-42(4,5)37-30-23-18-21-28-35-41(44)46-39(32-25-14-11-8-3)33-26-19-13-10-7-2;1-2/h39H,6-38H2,1-5H3;1-2H3/q+1;. The van der Waals surface area contributed by atoms with Crippen molar-refractivity contribution in [2.24, 2.45) is 0 Å². The van der Waals surface area contributed by atoms with Crippen LogP contribution in [0.1, 0.15) is 227 Å². The van der Waals surface area contributed by atoms with Crippen molar-refractivity contribution in [2.45, 2.75) is 233 Å². The van der Waals surface area contributed by atoms with Gasteiger partial charge in [-0.25, -0.2) is 0 Å². The summed E-state index contributed by atoms with van der Waals surface area (Å²) in [5, 5.41) is 0. The molecule has 0 saturated carbocycles. The van der Waals surface area contributed by atoms with Crippen LogP contribution in [-0.4, -0.2) is 56.3 Å². The van der Waals surface area contributed by atoms with E-state index in [1.165, 1.54) is 148 Å². The number of esters is 2. The van der Waals surface area contributed by atoms with E-state index in [4.69, 9.17) is 9.47 Å². The smallest absolute Gasteiger partial charge is 0.306 e. The highest BCUT2D eigenvalue weighted by Gasteiger charge is 2.15. The van der Waals surface area contributed by atoms with E-state index in [9.17, 15) is 9.59 Å². The lowest BCUT2D eigenvalue weighted by molar-refractivity contribution is -0.890. The Morgan fingerprint density at radius 3 is 1.29 bits per heavy atom. The van der Waals surface area contributed by atoms with E-state index in [1.54, 1.807) is 0 Å². The van der Waals surface area contributed by atoms with Gasteiger partial charge in [0.15, 0.2) is 0 Å². The zero-order valence-electron chi connectivity index (χ0n) is 34.0. The van der Waals surface area contributed by atoms with Gasteiger partial charge in [0.05, 0.1) is 33.8 Å². The Labute approximate surface area is 302 Å². The first-order chi connectivity index (χ1) is 23.3. The van der Waals surface area contributed by atoms with Crippen LogP contribution in [0.25, 0.3) is 0 Å². The average molecular weight is 683 g/mol. The van der Waals surface area contributed by atoms with Crippen molar-refractivity contribution in [2.75, 3.05) is 33.8 Å². The van der Waals surface area contributed by atoms with Gasteiger partial charge in [0.2, 0.25) is 0 Å². The Morgan fingerprint density at radius 2 is 0.812 bits per heavy atom. The molecule has 1 unspecified atom stereocenters. The summed E-state index contributed by atoms with van der Waals surface area (Å²) in [6.45, 7) is 13.8. The van der Waals surface area contributed by atoms with Gasteiger partial charge in [-0.05, 0) is 70.6 Å². The number of carbonyl (C=O) groups is 2. The lowest BCUT2D eigenvalue weighted by Crippen LogP contribution is -2.41. The Bertz CT molecular complexity index is 665. The van der Waals surface area contributed by atoms with Gasteiger partial charge in [-0.1, -0.05) is 144 Å². The minimum Gasteiger partial charge on any atom is -0.466 e. The van der Waals surface area contributed by atoms with E-state index in [0.717, 1.165) is 49.4 Å². The zero-order valence-corrected chi connectivity index (χ0v) is 34.0. The molecule has 0 aromatic rings. The van der Waals surface area contributed by atoms with E-state index in [0.29, 0.717) is 19.4 Å². The predicted octanol–water partition coefficient (Wildman–Crippen LogP) is 13.3. The van der Waals surface area contributed by atoms with Crippen LogP contribution in [-0.2, 0) is 19.1 Å². The number of hydrogen-bond donors (Lipinski definition) is 0. The minimum absolute atomic E-state index is 0.00554. The van der Waals surface area contributed by atoms with Gasteiger partial charge in [0.1, 0.15) is 6.10 Å². The molecule has 0 fully saturated rings. The molecule has 0 aromatic carbocycles. The second kappa shape index (κ2) is 38.7. The molecule has 0 aliphatic rings. The molecule has 0 aliphatic heterocycles. The molecule has 0 amide bonds. The Balaban J connectivity index is 0. The molecule has 0 bridgehead atoms. The summed E-state index contributed by atoms with van der Waals surface area (Å²) in [6, 6.07) is 0. The molecule has 48 heavy (non-hydrogen) atoms. The number of hydrogen-bond acceptors (Lipinski definition) is 4. The lowest BCUT2D eigenvalue weighted by atomic mass is 10.0. The van der Waals surface area contributed by atoms with Crippen LogP contribution in [0.4, 0.5) is 0 Å². The highest BCUT2D eigenvalue weighted by molar-refractivity contribution is 5.69. The molecule has 288 valence electrons. The summed E-state index contributed by atoms with van der Waals surface area (Å²) < 4.78 is 12.5. The quantitative estimate of drug-likeness (QED) is 0.0375. The molecule has 0 heterocycles. The third-order valence-electron chi connectivity index (χ3n) is 9.61. The fourth-order valence-electron chi connectivity index (χ4n) is 6.39. The lowest BCUT2D eigenvalue weighted by Gasteiger charge is -2.30. The van der Waals surface area contributed by atoms with Gasteiger partial charge in [-0.3, -0.25) is 9.59 Å². The van der Waals surface area contributed by atoms with Crippen LogP contribution in [0.15, 0.2) is 0 Å². The van der Waals surface area contributed by atoms with Crippen molar-refractivity contribution in [1.82, 2.24) is 0 Å². The molecule has 5 nitrogen and oxygen atoms in total. The highest BCUT2D eigenvalue weighted by atomic mass is 16.5. The van der Waals surface area contributed by atoms with E-state index in [2.05, 4.69) is 34.9 Å². The Hall–Kier alpha value is -1.10. The van der Waals surface area contributed by atoms with Crippen LogP contribution >= 0.6 is 0 Å². The SMILES string of the molecule is CC.CCCCCCCCCOC(=O)CCCCCCC[N+](C)(C)CCCCCCCC(=O)OC(CCCCCC)CCCCCCC. The number of rotatable bonds is 36. The molecular weight excluding hydrogens is 594 g/mol. The maximum absolute atomic E-state index is 12.6. The average Bonchev–Trinajstić information content (AvgIpc) is 3.07. The molecule has 0 aromatic heterocycles. The number of nitrogens with zero attached hydrogens (tertiary/aromatic N) is 1. The summed E-state index contributed by atoms with van der Waals surface area (Å²) in [4.78, 5) is 24.5. The van der Waals surface area contributed by atoms with Crippen LogP contribution in [0.2, 0.25) is 0 Å². The summed E-state index contributed by atoms with van der Waals surface area (Å²) >= 11 is 0.